The Labute approximate surface area is 59.0 Å². The standard InChI is InChI=1S/C6H9NO3/c1-4(3-7)10-6(9)5(2)8/h4-5,8H,1-2H3/t4?,5-/m0/s1. The molecule has 0 aliphatic rings. The van der Waals surface area contributed by atoms with Crippen molar-refractivity contribution in [3.05, 3.63) is 0 Å². The Kier molecular flexibility index (Phi) is 3.44. The molecule has 0 radical (unpaired) electrons. The van der Waals surface area contributed by atoms with Crippen LogP contribution in [0.3, 0.4) is 0 Å². The van der Waals surface area contributed by atoms with Gasteiger partial charge in [0.2, 0.25) is 0 Å². The maximum absolute atomic E-state index is 10.5. The summed E-state index contributed by atoms with van der Waals surface area (Å²) in [5.74, 6) is -0.769. The number of aliphatic hydroxyl groups is 1. The zero-order valence-corrected chi connectivity index (χ0v) is 5.87. The molecule has 10 heavy (non-hydrogen) atoms. The van der Waals surface area contributed by atoms with Gasteiger partial charge in [-0.05, 0) is 13.8 Å². The highest BCUT2D eigenvalue weighted by Crippen LogP contribution is 1.92. The van der Waals surface area contributed by atoms with Gasteiger partial charge in [-0.25, -0.2) is 4.79 Å². The molecule has 0 aromatic heterocycles. The molecule has 4 heteroatoms. The first-order valence-electron chi connectivity index (χ1n) is 2.86. The first kappa shape index (κ1) is 8.92. The van der Waals surface area contributed by atoms with E-state index in [0.717, 1.165) is 0 Å². The van der Waals surface area contributed by atoms with Crippen LogP contribution in [-0.2, 0) is 9.53 Å². The summed E-state index contributed by atoms with van der Waals surface area (Å²) in [4.78, 5) is 10.5. The normalized spacial score (nSPS) is 15.0. The average molecular weight is 143 g/mol. The minimum atomic E-state index is -1.16. The molecule has 0 bridgehead atoms. The van der Waals surface area contributed by atoms with E-state index in [9.17, 15) is 4.79 Å². The van der Waals surface area contributed by atoms with Crippen molar-refractivity contribution < 1.29 is 14.6 Å². The molecular weight excluding hydrogens is 134 g/mol. The molecule has 0 spiro atoms. The molecule has 0 saturated carbocycles. The van der Waals surface area contributed by atoms with Crippen molar-refractivity contribution in [1.29, 1.82) is 5.26 Å². The van der Waals surface area contributed by atoms with Gasteiger partial charge in [-0.3, -0.25) is 0 Å². The van der Waals surface area contributed by atoms with Crippen LogP contribution in [0, 0.1) is 11.3 Å². The minimum absolute atomic E-state index is 0.769. The zero-order chi connectivity index (χ0) is 8.15. The Morgan fingerprint density at radius 2 is 2.20 bits per heavy atom. The summed E-state index contributed by atoms with van der Waals surface area (Å²) in [6, 6.07) is 1.70. The molecule has 0 aromatic rings. The van der Waals surface area contributed by atoms with E-state index < -0.39 is 18.2 Å². The first-order chi connectivity index (χ1) is 4.57. The maximum atomic E-state index is 10.5. The number of carbonyl (C=O) groups is 1. The van der Waals surface area contributed by atoms with Gasteiger partial charge < -0.3 is 9.84 Å². The van der Waals surface area contributed by atoms with E-state index in [0.29, 0.717) is 0 Å². The van der Waals surface area contributed by atoms with E-state index in [2.05, 4.69) is 4.74 Å². The van der Waals surface area contributed by atoms with Crippen LogP contribution in [0.25, 0.3) is 0 Å². The van der Waals surface area contributed by atoms with Crippen molar-refractivity contribution in [1.82, 2.24) is 0 Å². The topological polar surface area (TPSA) is 70.3 Å². The molecule has 1 unspecified atom stereocenters. The van der Waals surface area contributed by atoms with Crippen LogP contribution in [0.5, 0.6) is 0 Å². The van der Waals surface area contributed by atoms with Crippen LogP contribution in [-0.4, -0.2) is 23.3 Å². The average Bonchev–Trinajstić information content (AvgIpc) is 1.87. The predicted octanol–water partition coefficient (Wildman–Crippen LogP) is -0.178. The fourth-order valence-electron chi connectivity index (χ4n) is 0.299. The highest BCUT2D eigenvalue weighted by Gasteiger charge is 2.12. The smallest absolute Gasteiger partial charge is 0.335 e. The zero-order valence-electron chi connectivity index (χ0n) is 5.87. The van der Waals surface area contributed by atoms with Gasteiger partial charge in [0.1, 0.15) is 12.2 Å². The van der Waals surface area contributed by atoms with Gasteiger partial charge >= 0.3 is 5.97 Å². The van der Waals surface area contributed by atoms with Gasteiger partial charge in [-0.1, -0.05) is 0 Å². The van der Waals surface area contributed by atoms with Crippen molar-refractivity contribution in [2.45, 2.75) is 26.1 Å². The molecule has 0 aromatic carbocycles. The number of rotatable bonds is 2. The van der Waals surface area contributed by atoms with Crippen molar-refractivity contribution >= 4 is 5.97 Å². The van der Waals surface area contributed by atoms with Crippen LogP contribution >= 0.6 is 0 Å². The third-order valence-electron chi connectivity index (χ3n) is 0.816. The Bertz CT molecular complexity index is 159. The summed E-state index contributed by atoms with van der Waals surface area (Å²) in [7, 11) is 0. The van der Waals surface area contributed by atoms with E-state index in [1.807, 2.05) is 0 Å². The molecule has 0 amide bonds. The molecular formula is C6H9NO3. The Balaban J connectivity index is 3.71. The molecule has 0 rings (SSSR count). The molecule has 0 aliphatic carbocycles. The lowest BCUT2D eigenvalue weighted by atomic mass is 10.4. The third kappa shape index (κ3) is 3.05. The summed E-state index contributed by atoms with van der Waals surface area (Å²) >= 11 is 0. The first-order valence-corrected chi connectivity index (χ1v) is 2.86. The fraction of sp³-hybridized carbons (Fsp3) is 0.667. The monoisotopic (exact) mass is 143 g/mol. The fourth-order valence-corrected chi connectivity index (χ4v) is 0.299. The number of hydrogen-bond acceptors (Lipinski definition) is 4. The van der Waals surface area contributed by atoms with Gasteiger partial charge in [0, 0.05) is 0 Å². The Morgan fingerprint density at radius 3 is 2.50 bits per heavy atom. The predicted molar refractivity (Wildman–Crippen MR) is 32.8 cm³/mol. The van der Waals surface area contributed by atoms with E-state index >= 15 is 0 Å². The van der Waals surface area contributed by atoms with Crippen molar-refractivity contribution in [3.8, 4) is 6.07 Å². The van der Waals surface area contributed by atoms with Crippen LogP contribution in [0.15, 0.2) is 0 Å². The second kappa shape index (κ2) is 3.85. The molecule has 0 aliphatic heterocycles. The molecule has 0 saturated heterocycles. The number of ether oxygens (including phenoxy) is 1. The Hall–Kier alpha value is -1.08. The summed E-state index contributed by atoms with van der Waals surface area (Å²) in [6.07, 6.45) is -1.95. The van der Waals surface area contributed by atoms with Crippen LogP contribution < -0.4 is 0 Å². The summed E-state index contributed by atoms with van der Waals surface area (Å²) in [5, 5.41) is 16.7. The van der Waals surface area contributed by atoms with E-state index in [4.69, 9.17) is 10.4 Å². The highest BCUT2D eigenvalue weighted by molar-refractivity contribution is 5.74. The SMILES string of the molecule is CC(C#N)OC(=O)[C@H](C)O. The molecule has 0 fully saturated rings. The van der Waals surface area contributed by atoms with Gasteiger partial charge in [-0.15, -0.1) is 0 Å². The Morgan fingerprint density at radius 1 is 1.70 bits per heavy atom. The maximum Gasteiger partial charge on any atom is 0.335 e. The lowest BCUT2D eigenvalue weighted by Crippen LogP contribution is -2.23. The summed E-state index contributed by atoms with van der Waals surface area (Å²) in [6.45, 7) is 2.71. The number of carbonyl (C=O) groups excluding carboxylic acids is 1. The molecule has 4 nitrogen and oxygen atoms in total. The molecule has 56 valence electrons. The second-order valence-electron chi connectivity index (χ2n) is 1.88. The highest BCUT2D eigenvalue weighted by atomic mass is 16.6. The number of nitriles is 1. The number of hydrogen-bond donors (Lipinski definition) is 1. The largest absolute Gasteiger partial charge is 0.445 e. The van der Waals surface area contributed by atoms with Gasteiger partial charge in [-0.2, -0.15) is 5.26 Å². The summed E-state index contributed by atoms with van der Waals surface area (Å²) < 4.78 is 4.41. The van der Waals surface area contributed by atoms with Crippen LogP contribution in [0.1, 0.15) is 13.8 Å². The quantitative estimate of drug-likeness (QED) is 0.544. The van der Waals surface area contributed by atoms with Gasteiger partial charge in [0.05, 0.1) is 0 Å². The second-order valence-corrected chi connectivity index (χ2v) is 1.88. The van der Waals surface area contributed by atoms with Crippen molar-refractivity contribution in [3.63, 3.8) is 0 Å². The van der Waals surface area contributed by atoms with Crippen molar-refractivity contribution in [2.75, 3.05) is 0 Å². The van der Waals surface area contributed by atoms with Crippen molar-refractivity contribution in [2.24, 2.45) is 0 Å². The van der Waals surface area contributed by atoms with Gasteiger partial charge in [0.15, 0.2) is 6.10 Å². The van der Waals surface area contributed by atoms with Crippen LogP contribution in [0.4, 0.5) is 0 Å². The molecule has 0 heterocycles. The molecule has 1 N–H and O–H groups in total. The third-order valence-corrected chi connectivity index (χ3v) is 0.816. The molecule has 2 atom stereocenters. The van der Waals surface area contributed by atoms with E-state index in [1.54, 1.807) is 6.07 Å². The number of esters is 1. The number of nitrogens with zero attached hydrogens (tertiary/aromatic N) is 1. The van der Waals surface area contributed by atoms with Crippen LogP contribution in [0.2, 0.25) is 0 Å². The lowest BCUT2D eigenvalue weighted by molar-refractivity contribution is -0.154. The lowest BCUT2D eigenvalue weighted by Gasteiger charge is -2.06. The van der Waals surface area contributed by atoms with E-state index in [1.165, 1.54) is 13.8 Å². The summed E-state index contributed by atoms with van der Waals surface area (Å²) in [5.41, 5.74) is 0. The van der Waals surface area contributed by atoms with E-state index in [-0.39, 0.29) is 0 Å². The number of aliphatic hydroxyl groups excluding tert-OH is 1. The van der Waals surface area contributed by atoms with Gasteiger partial charge in [0.25, 0.3) is 0 Å². The minimum Gasteiger partial charge on any atom is -0.445 e.